The molecule has 0 amide bonds. The van der Waals surface area contributed by atoms with E-state index in [1.54, 1.807) is 23.0 Å². The fraction of sp³-hybridized carbons (Fsp3) is 0.167. The van der Waals surface area contributed by atoms with Gasteiger partial charge >= 0.3 is 0 Å². The molecule has 2 aromatic carbocycles. The van der Waals surface area contributed by atoms with Crippen LogP contribution in [0.3, 0.4) is 0 Å². The van der Waals surface area contributed by atoms with Gasteiger partial charge in [-0.05, 0) is 38.1 Å². The molecule has 2 heterocycles. The van der Waals surface area contributed by atoms with Crippen LogP contribution in [0.5, 0.6) is 0 Å². The third-order valence-electron chi connectivity index (χ3n) is 4.53. The summed E-state index contributed by atoms with van der Waals surface area (Å²) in [5.41, 5.74) is 3.87. The summed E-state index contributed by atoms with van der Waals surface area (Å²) in [4.78, 5) is 32.0. The number of aromatic nitrogens is 4. The van der Waals surface area contributed by atoms with Gasteiger partial charge < -0.3 is 0 Å². The predicted molar refractivity (Wildman–Crippen MR) is 119 cm³/mol. The van der Waals surface area contributed by atoms with Crippen molar-refractivity contribution < 1.29 is 0 Å². The molecule has 0 radical (unpaired) electrons. The van der Waals surface area contributed by atoms with Gasteiger partial charge in [0.2, 0.25) is 0 Å². The first-order valence-electron chi connectivity index (χ1n) is 9.27. The van der Waals surface area contributed by atoms with Crippen LogP contribution in [-0.4, -0.2) is 19.1 Å². The van der Waals surface area contributed by atoms with Gasteiger partial charge in [-0.15, -0.1) is 12.8 Å². The van der Waals surface area contributed by atoms with Crippen LogP contribution in [0.4, 0.5) is 0 Å². The molecule has 0 aliphatic rings. The zero-order valence-corrected chi connectivity index (χ0v) is 16.8. The molecule has 0 unspecified atom stereocenters. The van der Waals surface area contributed by atoms with Crippen molar-refractivity contribution in [3.8, 4) is 24.7 Å². The van der Waals surface area contributed by atoms with Gasteiger partial charge in [0.05, 0.1) is 35.2 Å². The van der Waals surface area contributed by atoms with Gasteiger partial charge in [0.1, 0.15) is 11.4 Å². The maximum absolute atomic E-state index is 11.8. The van der Waals surface area contributed by atoms with Crippen molar-refractivity contribution in [1.82, 2.24) is 19.1 Å². The number of aryl methyl sites for hydroxylation is 2. The third-order valence-corrected chi connectivity index (χ3v) is 4.53. The van der Waals surface area contributed by atoms with Crippen molar-refractivity contribution in [2.45, 2.75) is 26.9 Å². The molecule has 6 nitrogen and oxygen atoms in total. The number of nitrogens with zero attached hydrogens (tertiary/aromatic N) is 4. The Hall–Kier alpha value is -4.16. The molecule has 2 aromatic heterocycles. The molecule has 0 saturated carbocycles. The summed E-state index contributed by atoms with van der Waals surface area (Å²) in [6, 6.07) is 14.9. The Bertz CT molecular complexity index is 1320. The van der Waals surface area contributed by atoms with Gasteiger partial charge in [-0.3, -0.25) is 18.7 Å². The zero-order chi connectivity index (χ0) is 21.7. The number of benzene rings is 2. The number of terminal acetylenes is 2. The van der Waals surface area contributed by atoms with E-state index in [1.807, 2.05) is 48.5 Å². The van der Waals surface area contributed by atoms with Crippen LogP contribution < -0.4 is 11.1 Å². The lowest BCUT2D eigenvalue weighted by atomic mass is 10.3. The smallest absolute Gasteiger partial charge is 0.273 e. The maximum Gasteiger partial charge on any atom is 0.273 e. The van der Waals surface area contributed by atoms with Gasteiger partial charge in [0.15, 0.2) is 0 Å². The summed E-state index contributed by atoms with van der Waals surface area (Å²) in [5.74, 6) is 4.96. The summed E-state index contributed by atoms with van der Waals surface area (Å²) >= 11 is 0. The lowest BCUT2D eigenvalue weighted by Gasteiger charge is -2.07. The van der Waals surface area contributed by atoms with Crippen molar-refractivity contribution in [2.75, 3.05) is 0 Å². The standard InChI is InChI=1S/2C12H10N2O/c2*1-3-8-14-11-7-5-4-6-10(11)13-9(2)12(14)15/h2*1,4-7H,8H2,2H3. The maximum atomic E-state index is 11.8. The Morgan fingerprint density at radius 1 is 0.733 bits per heavy atom. The Balaban J connectivity index is 0.000000171. The van der Waals surface area contributed by atoms with Crippen LogP contribution in [0.25, 0.3) is 22.1 Å². The first kappa shape index (κ1) is 20.6. The topological polar surface area (TPSA) is 69.8 Å². The molecule has 0 aliphatic heterocycles. The van der Waals surface area contributed by atoms with E-state index in [-0.39, 0.29) is 24.2 Å². The van der Waals surface area contributed by atoms with Gasteiger partial charge in [-0.1, -0.05) is 36.1 Å². The second-order valence-electron chi connectivity index (χ2n) is 6.56. The van der Waals surface area contributed by atoms with Crippen LogP contribution in [0, 0.1) is 38.5 Å². The Morgan fingerprint density at radius 2 is 1.10 bits per heavy atom. The number of para-hydroxylation sites is 4. The molecule has 0 N–H and O–H groups in total. The molecular formula is C24H20N4O2. The largest absolute Gasteiger partial charge is 0.294 e. The van der Waals surface area contributed by atoms with Crippen LogP contribution in [0.15, 0.2) is 58.1 Å². The first-order valence-corrected chi connectivity index (χ1v) is 9.27. The van der Waals surface area contributed by atoms with Crippen LogP contribution in [0.2, 0.25) is 0 Å². The second kappa shape index (κ2) is 8.89. The van der Waals surface area contributed by atoms with Gasteiger partial charge in [-0.25, -0.2) is 9.97 Å². The quantitative estimate of drug-likeness (QED) is 0.489. The summed E-state index contributed by atoms with van der Waals surface area (Å²) in [6.07, 6.45) is 10.5. The van der Waals surface area contributed by atoms with E-state index in [0.717, 1.165) is 22.1 Å². The molecule has 6 heteroatoms. The Morgan fingerprint density at radius 3 is 1.47 bits per heavy atom. The highest BCUT2D eigenvalue weighted by molar-refractivity contribution is 5.75. The molecule has 0 aliphatic carbocycles. The van der Waals surface area contributed by atoms with Crippen LogP contribution in [-0.2, 0) is 13.1 Å². The van der Waals surface area contributed by atoms with Crippen LogP contribution in [0.1, 0.15) is 11.4 Å². The van der Waals surface area contributed by atoms with Crippen molar-refractivity contribution in [1.29, 1.82) is 0 Å². The molecule has 0 bridgehead atoms. The van der Waals surface area contributed by atoms with E-state index in [1.165, 1.54) is 0 Å². The lowest BCUT2D eigenvalue weighted by molar-refractivity contribution is 0.812. The van der Waals surface area contributed by atoms with Crippen molar-refractivity contribution in [3.05, 3.63) is 80.6 Å². The minimum absolute atomic E-state index is 0.119. The highest BCUT2D eigenvalue weighted by Gasteiger charge is 2.06. The second-order valence-corrected chi connectivity index (χ2v) is 6.56. The number of rotatable bonds is 2. The number of fused-ring (bicyclic) bond motifs is 2. The Kier molecular flexibility index (Phi) is 6.10. The fourth-order valence-electron chi connectivity index (χ4n) is 3.14. The van der Waals surface area contributed by atoms with E-state index in [4.69, 9.17) is 12.8 Å². The average molecular weight is 396 g/mol. The van der Waals surface area contributed by atoms with E-state index >= 15 is 0 Å². The van der Waals surface area contributed by atoms with Gasteiger partial charge in [0, 0.05) is 0 Å². The normalized spacial score (nSPS) is 10.1. The third kappa shape index (κ3) is 3.99. The molecule has 30 heavy (non-hydrogen) atoms. The SMILES string of the molecule is C#CCn1c(=O)c(C)nc2ccccc21.C#CCn1c(=O)c(C)nc2ccccc21. The van der Waals surface area contributed by atoms with Crippen molar-refractivity contribution in [3.63, 3.8) is 0 Å². The van der Waals surface area contributed by atoms with E-state index in [9.17, 15) is 9.59 Å². The molecule has 0 saturated heterocycles. The average Bonchev–Trinajstić information content (AvgIpc) is 2.75. The summed E-state index contributed by atoms with van der Waals surface area (Å²) in [7, 11) is 0. The van der Waals surface area contributed by atoms with Crippen molar-refractivity contribution in [2.24, 2.45) is 0 Å². The van der Waals surface area contributed by atoms with E-state index < -0.39 is 0 Å². The van der Waals surface area contributed by atoms with E-state index in [2.05, 4.69) is 21.8 Å². The molecule has 0 spiro atoms. The minimum Gasteiger partial charge on any atom is -0.294 e. The summed E-state index contributed by atoms with van der Waals surface area (Å²) in [5, 5.41) is 0. The molecular weight excluding hydrogens is 376 g/mol. The predicted octanol–water partition coefficient (Wildman–Crippen LogP) is 2.68. The fourth-order valence-corrected chi connectivity index (χ4v) is 3.14. The lowest BCUT2D eigenvalue weighted by Crippen LogP contribution is -2.23. The molecule has 148 valence electrons. The molecule has 4 rings (SSSR count). The zero-order valence-electron chi connectivity index (χ0n) is 16.8. The number of hydrogen-bond acceptors (Lipinski definition) is 4. The molecule has 0 fully saturated rings. The highest BCUT2D eigenvalue weighted by atomic mass is 16.1. The van der Waals surface area contributed by atoms with Crippen LogP contribution >= 0.6 is 0 Å². The monoisotopic (exact) mass is 396 g/mol. The minimum atomic E-state index is -0.119. The number of hydrogen-bond donors (Lipinski definition) is 0. The molecule has 0 atom stereocenters. The van der Waals surface area contributed by atoms with Crippen molar-refractivity contribution >= 4 is 22.1 Å². The van der Waals surface area contributed by atoms with Gasteiger partial charge in [-0.2, -0.15) is 0 Å². The Labute approximate surface area is 173 Å². The summed E-state index contributed by atoms with van der Waals surface area (Å²) < 4.78 is 3.13. The van der Waals surface area contributed by atoms with Gasteiger partial charge in [0.25, 0.3) is 11.1 Å². The molecule has 4 aromatic rings. The van der Waals surface area contributed by atoms with E-state index in [0.29, 0.717) is 11.4 Å². The first-order chi connectivity index (χ1) is 14.5. The summed E-state index contributed by atoms with van der Waals surface area (Å²) in [6.45, 7) is 3.95. The highest BCUT2D eigenvalue weighted by Crippen LogP contribution is 2.10.